The maximum absolute atomic E-state index is 12.8. The average Bonchev–Trinajstić information content (AvgIpc) is 3.22. The van der Waals surface area contributed by atoms with Gasteiger partial charge in [0.2, 0.25) is 0 Å². The van der Waals surface area contributed by atoms with Crippen LogP contribution < -0.4 is 0 Å². The number of hydrogen-bond acceptors (Lipinski definition) is 9. The summed E-state index contributed by atoms with van der Waals surface area (Å²) < 4.78 is 22.2. The van der Waals surface area contributed by atoms with Crippen molar-refractivity contribution in [3.8, 4) is 0 Å². The zero-order valence-corrected chi connectivity index (χ0v) is 23.2. The topological polar surface area (TPSA) is 129 Å². The lowest BCUT2D eigenvalue weighted by molar-refractivity contribution is -0.159. The first-order valence-corrected chi connectivity index (χ1v) is 13.1. The second kappa shape index (κ2) is 15.2. The summed E-state index contributed by atoms with van der Waals surface area (Å²) in [5.41, 5.74) is 1.62. The van der Waals surface area contributed by atoms with Crippen LogP contribution >= 0.6 is 11.6 Å². The molecule has 6 atom stereocenters. The van der Waals surface area contributed by atoms with Crippen molar-refractivity contribution in [1.82, 2.24) is 0 Å². The fourth-order valence-electron chi connectivity index (χ4n) is 4.15. The molecule has 0 aromatic carbocycles. The van der Waals surface area contributed by atoms with E-state index in [1.165, 1.54) is 19.9 Å². The van der Waals surface area contributed by atoms with E-state index < -0.39 is 48.4 Å². The number of halogens is 1. The number of aliphatic hydroxyl groups excluding tert-OH is 2. The van der Waals surface area contributed by atoms with E-state index in [0.717, 1.165) is 0 Å². The number of fused-ring (bicyclic) bond motifs is 2. The minimum Gasteiger partial charge on any atom is -0.461 e. The molecule has 0 aromatic rings. The predicted molar refractivity (Wildman–Crippen MR) is 141 cm³/mol. The third kappa shape index (κ3) is 10.7. The van der Waals surface area contributed by atoms with Crippen molar-refractivity contribution in [2.45, 2.75) is 103 Å². The third-order valence-corrected chi connectivity index (χ3v) is 6.71. The van der Waals surface area contributed by atoms with E-state index in [1.54, 1.807) is 13.8 Å². The van der Waals surface area contributed by atoms with Crippen LogP contribution in [0.15, 0.2) is 46.6 Å². The zero-order valence-electron chi connectivity index (χ0n) is 22.5. The summed E-state index contributed by atoms with van der Waals surface area (Å²) in [5, 5.41) is 21.0. The molecule has 0 aromatic heterocycles. The Morgan fingerprint density at radius 1 is 1.29 bits per heavy atom. The van der Waals surface area contributed by atoms with E-state index in [9.17, 15) is 24.6 Å². The molecule has 0 saturated carbocycles. The Balaban J connectivity index is 2.14. The van der Waals surface area contributed by atoms with Crippen LogP contribution in [-0.2, 0) is 33.3 Å². The first-order chi connectivity index (χ1) is 17.8. The third-order valence-electron chi connectivity index (χ3n) is 6.37. The van der Waals surface area contributed by atoms with E-state index in [-0.39, 0.29) is 25.6 Å². The van der Waals surface area contributed by atoms with Gasteiger partial charge in [0.25, 0.3) is 0 Å². The smallest absolute Gasteiger partial charge is 0.310 e. The molecule has 1 saturated heterocycles. The average molecular weight is 555 g/mol. The minimum atomic E-state index is -1.16. The van der Waals surface area contributed by atoms with Gasteiger partial charge in [-0.2, -0.15) is 0 Å². The van der Waals surface area contributed by atoms with Gasteiger partial charge in [-0.15, -0.1) is 0 Å². The SMILES string of the molecule is C=C(COC(=O)C/C(C)=C/[C@@H](O)[C@H]1O[C@@H]2CC/C(Cl)=C/C/C=C(/C)[C@H](OC(C)=O)CC(=O)O[C@@H]1C2)C(C)O. The zero-order chi connectivity index (χ0) is 28.4. The predicted octanol–water partition coefficient (Wildman–Crippen LogP) is 3.81. The Labute approximate surface area is 229 Å². The molecule has 2 heterocycles. The van der Waals surface area contributed by atoms with Crippen molar-refractivity contribution >= 4 is 29.5 Å². The molecular weight excluding hydrogens is 516 g/mol. The molecule has 9 nitrogen and oxygen atoms in total. The van der Waals surface area contributed by atoms with Crippen molar-refractivity contribution in [1.29, 1.82) is 0 Å². The number of carbonyl (C=O) groups excluding carboxylic acids is 3. The normalized spacial score (nSPS) is 29.4. The van der Waals surface area contributed by atoms with Crippen molar-refractivity contribution in [3.63, 3.8) is 0 Å². The highest BCUT2D eigenvalue weighted by Crippen LogP contribution is 2.31. The van der Waals surface area contributed by atoms with Gasteiger partial charge in [0.05, 0.1) is 25.0 Å². The highest BCUT2D eigenvalue weighted by molar-refractivity contribution is 6.29. The largest absolute Gasteiger partial charge is 0.461 e. The maximum Gasteiger partial charge on any atom is 0.310 e. The van der Waals surface area contributed by atoms with Crippen LogP contribution in [0.3, 0.4) is 0 Å². The lowest BCUT2D eigenvalue weighted by Crippen LogP contribution is -2.37. The number of esters is 3. The number of rotatable bonds is 8. The number of hydrogen-bond donors (Lipinski definition) is 2. The Morgan fingerprint density at radius 2 is 2.00 bits per heavy atom. The molecule has 2 N–H and O–H groups in total. The number of ether oxygens (including phenoxy) is 4. The number of carbonyl (C=O) groups is 3. The van der Waals surface area contributed by atoms with Gasteiger partial charge < -0.3 is 29.2 Å². The van der Waals surface area contributed by atoms with Crippen LogP contribution in [0.4, 0.5) is 0 Å². The van der Waals surface area contributed by atoms with Gasteiger partial charge in [-0.25, -0.2) is 0 Å². The van der Waals surface area contributed by atoms with Crippen molar-refractivity contribution in [2.75, 3.05) is 6.61 Å². The summed E-state index contributed by atoms with van der Waals surface area (Å²) in [6.07, 6.45) is 2.30. The fourth-order valence-corrected chi connectivity index (χ4v) is 4.35. The molecule has 0 spiro atoms. The van der Waals surface area contributed by atoms with Crippen LogP contribution in [-0.4, -0.2) is 71.4 Å². The van der Waals surface area contributed by atoms with Gasteiger partial charge in [0.15, 0.2) is 0 Å². The number of allylic oxidation sites excluding steroid dienone is 3. The molecule has 2 aliphatic heterocycles. The van der Waals surface area contributed by atoms with Gasteiger partial charge in [0, 0.05) is 18.4 Å². The fraction of sp³-hybridized carbons (Fsp3) is 0.607. The van der Waals surface area contributed by atoms with Gasteiger partial charge in [-0.05, 0) is 51.2 Å². The summed E-state index contributed by atoms with van der Waals surface area (Å²) in [6, 6.07) is 0. The van der Waals surface area contributed by atoms with Crippen LogP contribution in [0.25, 0.3) is 0 Å². The molecule has 38 heavy (non-hydrogen) atoms. The van der Waals surface area contributed by atoms with E-state index in [2.05, 4.69) is 6.58 Å². The molecular formula is C28H39ClO9. The first kappa shape index (κ1) is 31.8. The van der Waals surface area contributed by atoms with Crippen molar-refractivity contribution in [3.05, 3.63) is 46.6 Å². The summed E-state index contributed by atoms with van der Waals surface area (Å²) in [5.74, 6) is -1.63. The monoisotopic (exact) mass is 554 g/mol. The number of aliphatic hydroxyl groups is 2. The van der Waals surface area contributed by atoms with E-state index >= 15 is 0 Å². The molecule has 0 radical (unpaired) electrons. The summed E-state index contributed by atoms with van der Waals surface area (Å²) in [4.78, 5) is 36.6. The molecule has 1 fully saturated rings. The highest BCUT2D eigenvalue weighted by Gasteiger charge is 2.41. The Morgan fingerprint density at radius 3 is 2.66 bits per heavy atom. The van der Waals surface area contributed by atoms with Crippen LogP contribution in [0, 0.1) is 0 Å². The second-order valence-corrected chi connectivity index (χ2v) is 10.3. The molecule has 2 aliphatic rings. The molecule has 10 heteroatoms. The maximum atomic E-state index is 12.8. The van der Waals surface area contributed by atoms with E-state index in [0.29, 0.717) is 47.4 Å². The summed E-state index contributed by atoms with van der Waals surface area (Å²) in [6.45, 7) is 9.79. The Kier molecular flexibility index (Phi) is 12.7. The molecule has 2 rings (SSSR count). The molecule has 2 bridgehead atoms. The van der Waals surface area contributed by atoms with Crippen LogP contribution in [0.1, 0.15) is 66.2 Å². The molecule has 0 amide bonds. The first-order valence-electron chi connectivity index (χ1n) is 12.8. The van der Waals surface area contributed by atoms with E-state index in [1.807, 2.05) is 12.2 Å². The molecule has 212 valence electrons. The summed E-state index contributed by atoms with van der Waals surface area (Å²) in [7, 11) is 0. The van der Waals surface area contributed by atoms with Crippen molar-refractivity contribution < 1.29 is 43.5 Å². The van der Waals surface area contributed by atoms with E-state index in [4.69, 9.17) is 30.5 Å². The Hall–Kier alpha value is -2.46. The van der Waals surface area contributed by atoms with Gasteiger partial charge in [0.1, 0.15) is 31.0 Å². The molecule has 1 unspecified atom stereocenters. The quantitative estimate of drug-likeness (QED) is 0.261. The van der Waals surface area contributed by atoms with Gasteiger partial charge in [-0.1, -0.05) is 42.0 Å². The molecule has 0 aliphatic carbocycles. The van der Waals surface area contributed by atoms with Gasteiger partial charge in [-0.3, -0.25) is 14.4 Å². The van der Waals surface area contributed by atoms with Crippen LogP contribution in [0.5, 0.6) is 0 Å². The van der Waals surface area contributed by atoms with Gasteiger partial charge >= 0.3 is 17.9 Å². The van der Waals surface area contributed by atoms with Crippen LogP contribution in [0.2, 0.25) is 0 Å². The minimum absolute atomic E-state index is 0.0825. The lowest BCUT2D eigenvalue weighted by Gasteiger charge is -2.24. The lowest BCUT2D eigenvalue weighted by atomic mass is 10.0. The highest BCUT2D eigenvalue weighted by atomic mass is 35.5. The standard InChI is InChI=1S/C28H39ClO9/c1-16(12-26(33)35-15-18(3)19(4)30)11-23(32)28-25-13-22(37-28)10-9-21(29)8-6-7-17(2)24(36-20(5)31)14-27(34)38-25/h7-8,11,19,22-25,28,30,32H,3,6,9-10,12-15H2,1-2,4-5H3/b16-11+,17-7-,21-8-/t19?,22-,23-,24-,25-,28-/m1/s1. The summed E-state index contributed by atoms with van der Waals surface area (Å²) >= 11 is 6.38. The second-order valence-electron chi connectivity index (χ2n) is 9.84. The Bertz CT molecular complexity index is 965. The van der Waals surface area contributed by atoms with Crippen molar-refractivity contribution in [2.24, 2.45) is 0 Å².